The lowest BCUT2D eigenvalue weighted by atomic mass is 9.94. The molecule has 0 spiro atoms. The highest BCUT2D eigenvalue weighted by molar-refractivity contribution is 5.78. The first kappa shape index (κ1) is 18.0. The molecule has 128 valence electrons. The third kappa shape index (κ3) is 4.36. The lowest BCUT2D eigenvalue weighted by Crippen LogP contribution is -2.33. The number of nitrogens with one attached hydrogen (secondary N) is 1. The van der Waals surface area contributed by atoms with Crippen LogP contribution in [0.3, 0.4) is 0 Å². The van der Waals surface area contributed by atoms with Gasteiger partial charge in [-0.1, -0.05) is 62.4 Å². The molecule has 0 heterocycles. The lowest BCUT2D eigenvalue weighted by Gasteiger charge is -2.21. The third-order valence-electron chi connectivity index (χ3n) is 3.68. The summed E-state index contributed by atoms with van der Waals surface area (Å²) in [7, 11) is 0. The number of amides is 1. The van der Waals surface area contributed by atoms with Gasteiger partial charge in [0.1, 0.15) is 5.75 Å². The number of para-hydroxylation sites is 1. The van der Waals surface area contributed by atoms with E-state index >= 15 is 0 Å². The topological polar surface area (TPSA) is 58.6 Å². The van der Waals surface area contributed by atoms with Crippen molar-refractivity contribution in [3.05, 3.63) is 54.1 Å². The summed E-state index contributed by atoms with van der Waals surface area (Å²) in [4.78, 5) is 12.1. The number of carbonyl (C=O) groups excluding carboxylic acids is 1. The van der Waals surface area contributed by atoms with Gasteiger partial charge in [0, 0.05) is 17.2 Å². The molecule has 0 fully saturated rings. The summed E-state index contributed by atoms with van der Waals surface area (Å²) >= 11 is 0. The van der Waals surface area contributed by atoms with Gasteiger partial charge < -0.3 is 15.2 Å². The average molecular weight is 327 g/mol. The Bertz CT molecular complexity index is 681. The van der Waals surface area contributed by atoms with E-state index in [0.717, 1.165) is 11.1 Å². The molecule has 0 bridgehead atoms. The van der Waals surface area contributed by atoms with E-state index < -0.39 is 12.2 Å². The molecule has 0 saturated heterocycles. The maximum atomic E-state index is 12.1. The van der Waals surface area contributed by atoms with Gasteiger partial charge in [0.05, 0.1) is 6.10 Å². The summed E-state index contributed by atoms with van der Waals surface area (Å²) in [6.07, 6.45) is -1.24. The molecule has 0 aliphatic rings. The second-order valence-electron chi connectivity index (χ2n) is 6.47. The number of hydrogen-bond donors (Lipinski definition) is 2. The van der Waals surface area contributed by atoms with Crippen molar-refractivity contribution in [2.24, 2.45) is 5.92 Å². The summed E-state index contributed by atoms with van der Waals surface area (Å²) in [5.74, 6) is 0.412. The number of aliphatic hydroxyl groups excluding tert-OH is 1. The van der Waals surface area contributed by atoms with Crippen LogP contribution in [0.4, 0.5) is 4.79 Å². The summed E-state index contributed by atoms with van der Waals surface area (Å²) in [6.45, 7) is 7.60. The number of aliphatic hydroxyl groups is 1. The van der Waals surface area contributed by atoms with Crippen molar-refractivity contribution in [2.45, 2.75) is 39.8 Å². The van der Waals surface area contributed by atoms with Crippen molar-refractivity contribution in [3.8, 4) is 16.9 Å². The fourth-order valence-corrected chi connectivity index (χ4v) is 2.46. The van der Waals surface area contributed by atoms with Crippen molar-refractivity contribution >= 4 is 6.09 Å². The highest BCUT2D eigenvalue weighted by Crippen LogP contribution is 2.38. The summed E-state index contributed by atoms with van der Waals surface area (Å²) in [5.41, 5.74) is 2.33. The fourth-order valence-electron chi connectivity index (χ4n) is 2.46. The highest BCUT2D eigenvalue weighted by atomic mass is 16.6. The minimum atomic E-state index is -0.712. The maximum Gasteiger partial charge on any atom is 0.412 e. The second kappa shape index (κ2) is 7.97. The van der Waals surface area contributed by atoms with Crippen LogP contribution in [0.15, 0.2) is 48.5 Å². The van der Waals surface area contributed by atoms with Gasteiger partial charge in [0.2, 0.25) is 0 Å². The van der Waals surface area contributed by atoms with Gasteiger partial charge in [-0.3, -0.25) is 0 Å². The Morgan fingerprint density at radius 1 is 1.00 bits per heavy atom. The van der Waals surface area contributed by atoms with E-state index in [0.29, 0.717) is 11.3 Å². The Balaban J connectivity index is 2.50. The molecule has 24 heavy (non-hydrogen) atoms. The van der Waals surface area contributed by atoms with E-state index in [4.69, 9.17) is 4.74 Å². The first-order chi connectivity index (χ1) is 11.4. The Labute approximate surface area is 143 Å². The molecule has 1 amide bonds. The van der Waals surface area contributed by atoms with E-state index in [1.54, 1.807) is 6.07 Å². The van der Waals surface area contributed by atoms with Crippen molar-refractivity contribution < 1.29 is 14.6 Å². The molecule has 1 atom stereocenters. The summed E-state index contributed by atoms with van der Waals surface area (Å²) in [6, 6.07) is 15.2. The van der Waals surface area contributed by atoms with E-state index in [9.17, 15) is 9.90 Å². The molecule has 2 aromatic carbocycles. The van der Waals surface area contributed by atoms with Crippen LogP contribution < -0.4 is 10.1 Å². The maximum absolute atomic E-state index is 12.1. The van der Waals surface area contributed by atoms with E-state index in [1.165, 1.54) is 0 Å². The number of hydrogen-bond acceptors (Lipinski definition) is 3. The second-order valence-corrected chi connectivity index (χ2v) is 6.47. The SMILES string of the molecule is CC(C)NC(=O)Oc1c(-c2ccccc2)cccc1C(O)C(C)C. The molecule has 2 aromatic rings. The third-order valence-corrected chi connectivity index (χ3v) is 3.68. The van der Waals surface area contributed by atoms with Crippen LogP contribution in [0.2, 0.25) is 0 Å². The Hall–Kier alpha value is -2.33. The normalized spacial score (nSPS) is 12.3. The molecule has 0 radical (unpaired) electrons. The Morgan fingerprint density at radius 2 is 1.67 bits per heavy atom. The van der Waals surface area contributed by atoms with Gasteiger partial charge in [0.15, 0.2) is 0 Å². The summed E-state index contributed by atoms with van der Waals surface area (Å²) < 4.78 is 5.60. The molecule has 2 rings (SSSR count). The minimum Gasteiger partial charge on any atom is -0.409 e. The van der Waals surface area contributed by atoms with Crippen LogP contribution in [0.1, 0.15) is 39.4 Å². The van der Waals surface area contributed by atoms with Crippen LogP contribution >= 0.6 is 0 Å². The van der Waals surface area contributed by atoms with Crippen LogP contribution in [0.5, 0.6) is 5.75 Å². The Morgan fingerprint density at radius 3 is 2.25 bits per heavy atom. The highest BCUT2D eigenvalue weighted by Gasteiger charge is 2.22. The van der Waals surface area contributed by atoms with Crippen LogP contribution in [-0.2, 0) is 0 Å². The average Bonchev–Trinajstić information content (AvgIpc) is 2.54. The van der Waals surface area contributed by atoms with E-state index in [2.05, 4.69) is 5.32 Å². The molecule has 0 aliphatic carbocycles. The zero-order chi connectivity index (χ0) is 17.7. The predicted molar refractivity (Wildman–Crippen MR) is 96.0 cm³/mol. The summed E-state index contributed by atoms with van der Waals surface area (Å²) in [5, 5.41) is 13.3. The molecular formula is C20H25NO3. The molecular weight excluding hydrogens is 302 g/mol. The van der Waals surface area contributed by atoms with E-state index in [-0.39, 0.29) is 12.0 Å². The smallest absolute Gasteiger partial charge is 0.409 e. The molecule has 0 saturated carbocycles. The van der Waals surface area contributed by atoms with Crippen LogP contribution in [0.25, 0.3) is 11.1 Å². The van der Waals surface area contributed by atoms with Crippen molar-refractivity contribution in [1.82, 2.24) is 5.32 Å². The molecule has 4 nitrogen and oxygen atoms in total. The van der Waals surface area contributed by atoms with Crippen molar-refractivity contribution in [3.63, 3.8) is 0 Å². The van der Waals surface area contributed by atoms with Gasteiger partial charge in [0.25, 0.3) is 0 Å². The molecule has 2 N–H and O–H groups in total. The monoisotopic (exact) mass is 327 g/mol. The number of rotatable bonds is 5. The lowest BCUT2D eigenvalue weighted by molar-refractivity contribution is 0.123. The standard InChI is InChI=1S/C20H25NO3/c1-13(2)18(22)17-12-8-11-16(15-9-6-5-7-10-15)19(17)24-20(23)21-14(3)4/h5-14,18,22H,1-4H3,(H,21,23). The molecule has 1 unspecified atom stereocenters. The minimum absolute atomic E-state index is 0.00605. The largest absolute Gasteiger partial charge is 0.412 e. The molecule has 0 aromatic heterocycles. The fraction of sp³-hybridized carbons (Fsp3) is 0.350. The number of carbonyl (C=O) groups is 1. The quantitative estimate of drug-likeness (QED) is 0.847. The molecule has 0 aliphatic heterocycles. The van der Waals surface area contributed by atoms with E-state index in [1.807, 2.05) is 70.2 Å². The van der Waals surface area contributed by atoms with Gasteiger partial charge in [-0.05, 0) is 25.3 Å². The number of ether oxygens (including phenoxy) is 1. The van der Waals surface area contributed by atoms with Crippen LogP contribution in [0, 0.1) is 5.92 Å². The van der Waals surface area contributed by atoms with Gasteiger partial charge in [-0.25, -0.2) is 4.79 Å². The van der Waals surface area contributed by atoms with Crippen LogP contribution in [-0.4, -0.2) is 17.2 Å². The zero-order valence-electron chi connectivity index (χ0n) is 14.6. The first-order valence-corrected chi connectivity index (χ1v) is 8.25. The first-order valence-electron chi connectivity index (χ1n) is 8.25. The Kier molecular flexibility index (Phi) is 5.99. The number of benzene rings is 2. The predicted octanol–water partition coefficient (Wildman–Crippen LogP) is 4.54. The molecule has 4 heteroatoms. The van der Waals surface area contributed by atoms with Gasteiger partial charge >= 0.3 is 6.09 Å². The van der Waals surface area contributed by atoms with Crippen molar-refractivity contribution in [2.75, 3.05) is 0 Å². The van der Waals surface area contributed by atoms with Crippen molar-refractivity contribution in [1.29, 1.82) is 0 Å². The van der Waals surface area contributed by atoms with Gasteiger partial charge in [-0.15, -0.1) is 0 Å². The van der Waals surface area contributed by atoms with Gasteiger partial charge in [-0.2, -0.15) is 0 Å². The zero-order valence-corrected chi connectivity index (χ0v) is 14.6.